The number of hydrogen-bond donors (Lipinski definition) is 0. The molecule has 0 saturated heterocycles. The predicted octanol–water partition coefficient (Wildman–Crippen LogP) is 2.20. The van der Waals surface area contributed by atoms with Crippen molar-refractivity contribution in [2.45, 2.75) is 46.7 Å². The van der Waals surface area contributed by atoms with Gasteiger partial charge in [-0.05, 0) is 26.0 Å². The van der Waals surface area contributed by atoms with Crippen molar-refractivity contribution in [2.75, 3.05) is 13.1 Å². The zero-order valence-electron chi connectivity index (χ0n) is 11.1. The number of rotatable bonds is 7. The molecule has 17 heavy (non-hydrogen) atoms. The Morgan fingerprint density at radius 1 is 1.41 bits per heavy atom. The minimum atomic E-state index is 0.592. The summed E-state index contributed by atoms with van der Waals surface area (Å²) in [5.74, 6) is 0. The maximum atomic E-state index is 8.63. The van der Waals surface area contributed by atoms with Crippen molar-refractivity contribution in [3.8, 4) is 6.07 Å². The smallest absolute Gasteiger partial charge is 0.0635 e. The molecular formula is C13H22N4. The van der Waals surface area contributed by atoms with E-state index >= 15 is 0 Å². The van der Waals surface area contributed by atoms with Crippen molar-refractivity contribution < 1.29 is 0 Å². The van der Waals surface area contributed by atoms with Gasteiger partial charge < -0.3 is 0 Å². The Hall–Kier alpha value is -1.34. The van der Waals surface area contributed by atoms with Crippen molar-refractivity contribution in [3.05, 3.63) is 17.5 Å². The first-order chi connectivity index (χ1) is 8.24. The van der Waals surface area contributed by atoms with Gasteiger partial charge in [0.25, 0.3) is 0 Å². The van der Waals surface area contributed by atoms with Crippen LogP contribution in [-0.4, -0.2) is 27.8 Å². The highest BCUT2D eigenvalue weighted by atomic mass is 15.3. The Labute approximate surface area is 104 Å². The molecule has 0 amide bonds. The van der Waals surface area contributed by atoms with Crippen LogP contribution in [0.1, 0.15) is 38.6 Å². The van der Waals surface area contributed by atoms with E-state index < -0.39 is 0 Å². The predicted molar refractivity (Wildman–Crippen MR) is 68.5 cm³/mol. The number of nitrogens with zero attached hydrogens (tertiary/aromatic N) is 4. The monoisotopic (exact) mass is 234 g/mol. The number of nitriles is 1. The SMILES string of the molecule is CCc1cc(CN(CC)CCC#N)n(CC)n1. The molecule has 0 bridgehead atoms. The summed E-state index contributed by atoms with van der Waals surface area (Å²) in [6.07, 6.45) is 1.57. The van der Waals surface area contributed by atoms with Crippen LogP contribution in [0.25, 0.3) is 0 Å². The second kappa shape index (κ2) is 7.08. The van der Waals surface area contributed by atoms with Crippen molar-refractivity contribution in [1.82, 2.24) is 14.7 Å². The van der Waals surface area contributed by atoms with Crippen LogP contribution < -0.4 is 0 Å². The summed E-state index contributed by atoms with van der Waals surface area (Å²) in [6, 6.07) is 4.38. The fourth-order valence-corrected chi connectivity index (χ4v) is 1.88. The molecule has 4 heteroatoms. The summed E-state index contributed by atoms with van der Waals surface area (Å²) in [5, 5.41) is 13.2. The Morgan fingerprint density at radius 2 is 2.18 bits per heavy atom. The van der Waals surface area contributed by atoms with Gasteiger partial charge in [-0.2, -0.15) is 10.4 Å². The van der Waals surface area contributed by atoms with Crippen LogP contribution in [0.3, 0.4) is 0 Å². The Bertz CT molecular complexity index is 375. The lowest BCUT2D eigenvalue weighted by Gasteiger charge is -2.19. The van der Waals surface area contributed by atoms with Gasteiger partial charge in [0.05, 0.1) is 17.5 Å². The van der Waals surface area contributed by atoms with Crippen LogP contribution in [0.5, 0.6) is 0 Å². The molecule has 1 aromatic rings. The van der Waals surface area contributed by atoms with E-state index in [0.29, 0.717) is 6.42 Å². The second-order valence-electron chi connectivity index (χ2n) is 4.07. The van der Waals surface area contributed by atoms with Crippen LogP contribution >= 0.6 is 0 Å². The molecule has 0 atom stereocenters. The van der Waals surface area contributed by atoms with Gasteiger partial charge in [0, 0.05) is 26.1 Å². The second-order valence-corrected chi connectivity index (χ2v) is 4.07. The minimum absolute atomic E-state index is 0.592. The third kappa shape index (κ3) is 3.86. The number of hydrogen-bond acceptors (Lipinski definition) is 3. The highest BCUT2D eigenvalue weighted by Gasteiger charge is 2.09. The third-order valence-corrected chi connectivity index (χ3v) is 2.95. The molecule has 0 unspecified atom stereocenters. The van der Waals surface area contributed by atoms with E-state index in [0.717, 1.165) is 38.3 Å². The lowest BCUT2D eigenvalue weighted by molar-refractivity contribution is 0.277. The molecule has 94 valence electrons. The fourth-order valence-electron chi connectivity index (χ4n) is 1.88. The van der Waals surface area contributed by atoms with E-state index in [9.17, 15) is 0 Å². The summed E-state index contributed by atoms with van der Waals surface area (Å²) in [6.45, 7) is 9.97. The molecule has 0 radical (unpaired) electrons. The standard InChI is InChI=1S/C13H22N4/c1-4-12-10-13(17(6-3)15-12)11-16(5-2)9-7-8-14/h10H,4-7,9,11H2,1-3H3. The fraction of sp³-hybridized carbons (Fsp3) is 0.692. The molecule has 0 fully saturated rings. The molecule has 0 saturated carbocycles. The Morgan fingerprint density at radius 3 is 2.71 bits per heavy atom. The first-order valence-corrected chi connectivity index (χ1v) is 6.40. The van der Waals surface area contributed by atoms with Crippen molar-refractivity contribution >= 4 is 0 Å². The molecular weight excluding hydrogens is 212 g/mol. The van der Waals surface area contributed by atoms with E-state index in [2.05, 4.69) is 47.6 Å². The maximum absolute atomic E-state index is 8.63. The van der Waals surface area contributed by atoms with Crippen LogP contribution in [0.2, 0.25) is 0 Å². The third-order valence-electron chi connectivity index (χ3n) is 2.95. The summed E-state index contributed by atoms with van der Waals surface area (Å²) in [7, 11) is 0. The number of aromatic nitrogens is 2. The summed E-state index contributed by atoms with van der Waals surface area (Å²) in [4.78, 5) is 2.28. The van der Waals surface area contributed by atoms with Crippen LogP contribution in [0.4, 0.5) is 0 Å². The highest BCUT2D eigenvalue weighted by molar-refractivity contribution is 5.10. The molecule has 4 nitrogen and oxygen atoms in total. The van der Waals surface area contributed by atoms with Gasteiger partial charge in [-0.3, -0.25) is 9.58 Å². The highest BCUT2D eigenvalue weighted by Crippen LogP contribution is 2.09. The zero-order valence-corrected chi connectivity index (χ0v) is 11.1. The molecule has 0 N–H and O–H groups in total. The molecule has 0 aliphatic carbocycles. The Balaban J connectivity index is 2.71. The largest absolute Gasteiger partial charge is 0.297 e. The van der Waals surface area contributed by atoms with E-state index in [4.69, 9.17) is 5.26 Å². The molecule has 0 aliphatic rings. The van der Waals surface area contributed by atoms with Crippen molar-refractivity contribution in [3.63, 3.8) is 0 Å². The lowest BCUT2D eigenvalue weighted by atomic mass is 10.3. The average Bonchev–Trinajstić information content (AvgIpc) is 2.76. The van der Waals surface area contributed by atoms with Gasteiger partial charge in [0.1, 0.15) is 0 Å². The van der Waals surface area contributed by atoms with Crippen LogP contribution in [0, 0.1) is 11.3 Å². The summed E-state index contributed by atoms with van der Waals surface area (Å²) < 4.78 is 2.06. The molecule has 1 rings (SSSR count). The van der Waals surface area contributed by atoms with Crippen LogP contribution in [0.15, 0.2) is 6.07 Å². The summed E-state index contributed by atoms with van der Waals surface area (Å²) in [5.41, 5.74) is 2.40. The molecule has 0 aromatic carbocycles. The molecule has 1 aromatic heterocycles. The zero-order chi connectivity index (χ0) is 12.7. The van der Waals surface area contributed by atoms with Gasteiger partial charge in [0.2, 0.25) is 0 Å². The maximum Gasteiger partial charge on any atom is 0.0635 e. The van der Waals surface area contributed by atoms with Crippen molar-refractivity contribution in [2.24, 2.45) is 0 Å². The van der Waals surface area contributed by atoms with E-state index in [-0.39, 0.29) is 0 Å². The lowest BCUT2D eigenvalue weighted by Crippen LogP contribution is -2.25. The number of aryl methyl sites for hydroxylation is 2. The minimum Gasteiger partial charge on any atom is -0.297 e. The molecule has 0 aliphatic heterocycles. The first-order valence-electron chi connectivity index (χ1n) is 6.40. The molecule has 1 heterocycles. The Kier molecular flexibility index (Phi) is 5.71. The molecule has 0 spiro atoms. The van der Waals surface area contributed by atoms with E-state index in [1.54, 1.807) is 0 Å². The normalized spacial score (nSPS) is 10.8. The van der Waals surface area contributed by atoms with Crippen molar-refractivity contribution in [1.29, 1.82) is 5.26 Å². The van der Waals surface area contributed by atoms with E-state index in [1.165, 1.54) is 5.69 Å². The van der Waals surface area contributed by atoms with Gasteiger partial charge in [-0.1, -0.05) is 13.8 Å². The van der Waals surface area contributed by atoms with Gasteiger partial charge >= 0.3 is 0 Å². The summed E-state index contributed by atoms with van der Waals surface area (Å²) >= 11 is 0. The van der Waals surface area contributed by atoms with Gasteiger partial charge in [-0.25, -0.2) is 0 Å². The van der Waals surface area contributed by atoms with Gasteiger partial charge in [0.15, 0.2) is 0 Å². The first kappa shape index (κ1) is 13.7. The van der Waals surface area contributed by atoms with Crippen LogP contribution in [-0.2, 0) is 19.5 Å². The van der Waals surface area contributed by atoms with E-state index in [1.807, 2.05) is 0 Å². The average molecular weight is 234 g/mol. The quantitative estimate of drug-likeness (QED) is 0.726. The topological polar surface area (TPSA) is 44.9 Å². The van der Waals surface area contributed by atoms with Gasteiger partial charge in [-0.15, -0.1) is 0 Å².